The molecule has 0 spiro atoms. The molecule has 1 amide bonds. The monoisotopic (exact) mass is 296 g/mol. The van der Waals surface area contributed by atoms with Gasteiger partial charge in [-0.3, -0.25) is 9.78 Å². The van der Waals surface area contributed by atoms with Crippen molar-refractivity contribution in [3.05, 3.63) is 53.4 Å². The Labute approximate surface area is 130 Å². The van der Waals surface area contributed by atoms with Gasteiger partial charge in [-0.15, -0.1) is 0 Å². The van der Waals surface area contributed by atoms with Gasteiger partial charge in [-0.25, -0.2) is 9.97 Å². The summed E-state index contributed by atoms with van der Waals surface area (Å²) in [4.78, 5) is 28.0. The lowest BCUT2D eigenvalue weighted by Crippen LogP contribution is -2.44. The Hall–Kier alpha value is -2.30. The number of likely N-dealkylation sites (tertiary alicyclic amines) is 1. The molecule has 1 aliphatic heterocycles. The number of nitrogens with zero attached hydrogens (tertiary/aromatic N) is 4. The molecule has 2 aromatic heterocycles. The molecule has 0 saturated carbocycles. The normalized spacial score (nSPS) is 21.1. The summed E-state index contributed by atoms with van der Waals surface area (Å²) >= 11 is 0. The Morgan fingerprint density at radius 3 is 2.64 bits per heavy atom. The number of carbonyl (C=O) groups is 1. The van der Waals surface area contributed by atoms with Crippen LogP contribution in [0.15, 0.2) is 30.6 Å². The second kappa shape index (κ2) is 5.48. The molecule has 1 atom stereocenters. The van der Waals surface area contributed by atoms with E-state index in [0.29, 0.717) is 5.56 Å². The van der Waals surface area contributed by atoms with Crippen molar-refractivity contribution < 1.29 is 4.79 Å². The molecule has 0 aliphatic carbocycles. The van der Waals surface area contributed by atoms with E-state index in [0.717, 1.165) is 36.6 Å². The number of aromatic nitrogens is 3. The van der Waals surface area contributed by atoms with Crippen LogP contribution in [0.3, 0.4) is 0 Å². The Morgan fingerprint density at radius 1 is 1.27 bits per heavy atom. The predicted molar refractivity (Wildman–Crippen MR) is 83.4 cm³/mol. The summed E-state index contributed by atoms with van der Waals surface area (Å²) < 4.78 is 0. The molecular formula is C17H20N4O. The molecule has 0 N–H and O–H groups in total. The van der Waals surface area contributed by atoms with Crippen LogP contribution in [0.5, 0.6) is 0 Å². The summed E-state index contributed by atoms with van der Waals surface area (Å²) in [6, 6.07) is 5.54. The van der Waals surface area contributed by atoms with Gasteiger partial charge < -0.3 is 4.90 Å². The lowest BCUT2D eigenvalue weighted by Gasteiger charge is -2.34. The van der Waals surface area contributed by atoms with Gasteiger partial charge in [0.15, 0.2) is 5.82 Å². The van der Waals surface area contributed by atoms with E-state index in [9.17, 15) is 4.79 Å². The van der Waals surface area contributed by atoms with Gasteiger partial charge in [-0.2, -0.15) is 0 Å². The van der Waals surface area contributed by atoms with Crippen LogP contribution in [0.4, 0.5) is 0 Å². The molecule has 22 heavy (non-hydrogen) atoms. The smallest absolute Gasteiger partial charge is 0.256 e. The van der Waals surface area contributed by atoms with Crippen LogP contribution in [0.25, 0.3) is 0 Å². The molecule has 1 fully saturated rings. The lowest BCUT2D eigenvalue weighted by molar-refractivity contribution is 0.0603. The topological polar surface area (TPSA) is 59.0 Å². The fourth-order valence-corrected chi connectivity index (χ4v) is 3.13. The first-order chi connectivity index (χ1) is 10.5. The largest absolute Gasteiger partial charge is 0.326 e. The van der Waals surface area contributed by atoms with E-state index in [1.807, 2.05) is 24.8 Å². The predicted octanol–water partition coefficient (Wildman–Crippen LogP) is 2.64. The van der Waals surface area contributed by atoms with E-state index >= 15 is 0 Å². The number of hydrogen-bond acceptors (Lipinski definition) is 4. The molecule has 114 valence electrons. The van der Waals surface area contributed by atoms with Crippen LogP contribution < -0.4 is 0 Å². The fraction of sp³-hybridized carbons (Fsp3) is 0.412. The van der Waals surface area contributed by atoms with Crippen LogP contribution in [-0.2, 0) is 5.54 Å². The van der Waals surface area contributed by atoms with E-state index in [4.69, 9.17) is 0 Å². The summed E-state index contributed by atoms with van der Waals surface area (Å²) in [5, 5.41) is 0. The maximum Gasteiger partial charge on any atom is 0.256 e. The van der Waals surface area contributed by atoms with Crippen molar-refractivity contribution in [2.24, 2.45) is 0 Å². The Morgan fingerprint density at radius 2 is 2.00 bits per heavy atom. The second-order valence-electron chi connectivity index (χ2n) is 6.05. The average Bonchev–Trinajstić information content (AvgIpc) is 2.90. The van der Waals surface area contributed by atoms with Crippen LogP contribution in [-0.4, -0.2) is 32.3 Å². The number of pyridine rings is 1. The van der Waals surface area contributed by atoms with Gasteiger partial charge in [-0.05, 0) is 51.8 Å². The third-order valence-corrected chi connectivity index (χ3v) is 4.26. The minimum Gasteiger partial charge on any atom is -0.326 e. The van der Waals surface area contributed by atoms with Crippen molar-refractivity contribution in [2.45, 2.75) is 39.2 Å². The Kier molecular flexibility index (Phi) is 3.64. The second-order valence-corrected chi connectivity index (χ2v) is 6.05. The van der Waals surface area contributed by atoms with E-state index < -0.39 is 5.54 Å². The van der Waals surface area contributed by atoms with Crippen molar-refractivity contribution >= 4 is 5.91 Å². The minimum atomic E-state index is -0.455. The molecule has 0 radical (unpaired) electrons. The van der Waals surface area contributed by atoms with Gasteiger partial charge in [0.25, 0.3) is 5.91 Å². The molecule has 1 saturated heterocycles. The zero-order chi connectivity index (χ0) is 15.7. The van der Waals surface area contributed by atoms with E-state index in [-0.39, 0.29) is 5.91 Å². The highest BCUT2D eigenvalue weighted by Gasteiger charge is 2.43. The van der Waals surface area contributed by atoms with Crippen LogP contribution in [0.2, 0.25) is 0 Å². The van der Waals surface area contributed by atoms with Crippen LogP contribution in [0.1, 0.15) is 47.3 Å². The summed E-state index contributed by atoms with van der Waals surface area (Å²) in [5.41, 5.74) is 2.03. The number of carbonyl (C=O) groups excluding carboxylic acids is 1. The molecule has 1 aliphatic rings. The molecule has 0 unspecified atom stereocenters. The summed E-state index contributed by atoms with van der Waals surface area (Å²) in [6.07, 6.45) is 5.12. The molecule has 3 rings (SSSR count). The van der Waals surface area contributed by atoms with E-state index in [1.54, 1.807) is 24.5 Å². The zero-order valence-electron chi connectivity index (χ0n) is 13.2. The maximum absolute atomic E-state index is 12.8. The summed E-state index contributed by atoms with van der Waals surface area (Å²) in [7, 11) is 0. The molecule has 2 aromatic rings. The molecule has 3 heterocycles. The van der Waals surface area contributed by atoms with Crippen molar-refractivity contribution in [1.29, 1.82) is 0 Å². The van der Waals surface area contributed by atoms with Crippen molar-refractivity contribution in [2.75, 3.05) is 6.54 Å². The van der Waals surface area contributed by atoms with Gasteiger partial charge in [0.2, 0.25) is 0 Å². The standard InChI is InChI=1S/C17H20N4O/c1-12-10-13(2)20-16(19-12)17(3)7-5-9-21(17)15(22)14-6-4-8-18-11-14/h4,6,8,10-11H,5,7,9H2,1-3H3/t17-/m0/s1. The van der Waals surface area contributed by atoms with Gasteiger partial charge in [0, 0.05) is 30.3 Å². The minimum absolute atomic E-state index is 0.00383. The molecule has 0 aromatic carbocycles. The van der Waals surface area contributed by atoms with Gasteiger partial charge in [-0.1, -0.05) is 0 Å². The number of aryl methyl sites for hydroxylation is 2. The lowest BCUT2D eigenvalue weighted by atomic mass is 9.96. The highest BCUT2D eigenvalue weighted by atomic mass is 16.2. The van der Waals surface area contributed by atoms with Crippen molar-refractivity contribution in [3.63, 3.8) is 0 Å². The summed E-state index contributed by atoms with van der Waals surface area (Å²) in [6.45, 7) is 6.70. The highest BCUT2D eigenvalue weighted by Crippen LogP contribution is 2.37. The first-order valence-electron chi connectivity index (χ1n) is 7.55. The average molecular weight is 296 g/mol. The molecular weight excluding hydrogens is 276 g/mol. The van der Waals surface area contributed by atoms with Gasteiger partial charge in [0.05, 0.1) is 5.56 Å². The van der Waals surface area contributed by atoms with E-state index in [2.05, 4.69) is 21.9 Å². The quantitative estimate of drug-likeness (QED) is 0.855. The van der Waals surface area contributed by atoms with Crippen molar-refractivity contribution in [3.8, 4) is 0 Å². The van der Waals surface area contributed by atoms with Crippen LogP contribution in [0, 0.1) is 13.8 Å². The Bertz CT molecular complexity index is 681. The fourth-order valence-electron chi connectivity index (χ4n) is 3.13. The highest BCUT2D eigenvalue weighted by molar-refractivity contribution is 5.94. The summed E-state index contributed by atoms with van der Waals surface area (Å²) in [5.74, 6) is 0.732. The first kappa shape index (κ1) is 14.6. The van der Waals surface area contributed by atoms with Gasteiger partial charge >= 0.3 is 0 Å². The first-order valence-corrected chi connectivity index (χ1v) is 7.55. The third kappa shape index (κ3) is 2.47. The van der Waals surface area contributed by atoms with E-state index in [1.165, 1.54) is 0 Å². The molecule has 0 bridgehead atoms. The zero-order valence-corrected chi connectivity index (χ0v) is 13.2. The number of amides is 1. The molecule has 5 heteroatoms. The van der Waals surface area contributed by atoms with Crippen molar-refractivity contribution in [1.82, 2.24) is 19.9 Å². The molecule has 5 nitrogen and oxygen atoms in total. The third-order valence-electron chi connectivity index (χ3n) is 4.26. The number of rotatable bonds is 2. The Balaban J connectivity index is 2.00. The van der Waals surface area contributed by atoms with Gasteiger partial charge in [0.1, 0.15) is 5.54 Å². The SMILES string of the molecule is Cc1cc(C)nc([C@]2(C)CCCN2C(=O)c2cccnc2)n1. The van der Waals surface area contributed by atoms with Crippen LogP contribution >= 0.6 is 0 Å². The maximum atomic E-state index is 12.8. The number of hydrogen-bond donors (Lipinski definition) is 0.